The van der Waals surface area contributed by atoms with Crippen molar-refractivity contribution in [3.63, 3.8) is 0 Å². The first-order valence-corrected chi connectivity index (χ1v) is 13.1. The zero-order valence-corrected chi connectivity index (χ0v) is 20.8. The Balaban J connectivity index is 1.49. The molecule has 1 fully saturated rings. The standard InChI is InChI=1S/C25H25Cl2N3O3S/c26-21-9-11-24(12-10-21)34(32,33)30(23-8-4-7-22(27)17-23)19-25(31)29-15-13-28(14-16-29)18-20-5-2-1-3-6-20/h1-12,17H,13-16,18-19H2. The fraction of sp³-hybridized carbons (Fsp3) is 0.240. The molecular formula is C25H25Cl2N3O3S. The molecule has 0 aromatic heterocycles. The highest BCUT2D eigenvalue weighted by molar-refractivity contribution is 7.92. The van der Waals surface area contributed by atoms with Crippen molar-refractivity contribution in [3.05, 3.63) is 94.5 Å². The van der Waals surface area contributed by atoms with Crippen molar-refractivity contribution in [1.82, 2.24) is 9.80 Å². The molecule has 6 nitrogen and oxygen atoms in total. The number of benzene rings is 3. The minimum Gasteiger partial charge on any atom is -0.339 e. The number of nitrogens with zero attached hydrogens (tertiary/aromatic N) is 3. The molecule has 4 rings (SSSR count). The van der Waals surface area contributed by atoms with Gasteiger partial charge in [-0.3, -0.25) is 14.0 Å². The first-order valence-electron chi connectivity index (χ1n) is 10.9. The molecule has 1 aliphatic rings. The van der Waals surface area contributed by atoms with E-state index in [1.807, 2.05) is 18.2 Å². The van der Waals surface area contributed by atoms with E-state index in [2.05, 4.69) is 17.0 Å². The van der Waals surface area contributed by atoms with Crippen LogP contribution >= 0.6 is 23.2 Å². The number of carbonyl (C=O) groups excluding carboxylic acids is 1. The Kier molecular flexibility index (Phi) is 7.78. The van der Waals surface area contributed by atoms with Gasteiger partial charge >= 0.3 is 0 Å². The maximum Gasteiger partial charge on any atom is 0.264 e. The van der Waals surface area contributed by atoms with E-state index >= 15 is 0 Å². The highest BCUT2D eigenvalue weighted by atomic mass is 35.5. The van der Waals surface area contributed by atoms with Gasteiger partial charge in [-0.25, -0.2) is 8.42 Å². The van der Waals surface area contributed by atoms with Gasteiger partial charge in [-0.1, -0.05) is 59.6 Å². The van der Waals surface area contributed by atoms with Crippen LogP contribution in [-0.4, -0.2) is 56.8 Å². The van der Waals surface area contributed by atoms with E-state index in [1.165, 1.54) is 29.8 Å². The third kappa shape index (κ3) is 5.91. The molecule has 1 amide bonds. The molecule has 0 unspecified atom stereocenters. The number of hydrogen-bond acceptors (Lipinski definition) is 4. The number of rotatable bonds is 7. The number of anilines is 1. The van der Waals surface area contributed by atoms with E-state index < -0.39 is 10.0 Å². The van der Waals surface area contributed by atoms with Crippen molar-refractivity contribution >= 4 is 44.8 Å². The van der Waals surface area contributed by atoms with Gasteiger partial charge in [0.1, 0.15) is 6.54 Å². The first kappa shape index (κ1) is 24.5. The summed E-state index contributed by atoms with van der Waals surface area (Å²) >= 11 is 12.1. The number of amides is 1. The summed E-state index contributed by atoms with van der Waals surface area (Å²) in [5, 5.41) is 0.813. The molecular weight excluding hydrogens is 493 g/mol. The molecule has 0 aliphatic carbocycles. The highest BCUT2D eigenvalue weighted by Gasteiger charge is 2.30. The van der Waals surface area contributed by atoms with Crippen LogP contribution in [0.3, 0.4) is 0 Å². The van der Waals surface area contributed by atoms with Crippen molar-refractivity contribution in [1.29, 1.82) is 0 Å². The summed E-state index contributed by atoms with van der Waals surface area (Å²) in [5.74, 6) is -0.253. The number of halogens is 2. The largest absolute Gasteiger partial charge is 0.339 e. The smallest absolute Gasteiger partial charge is 0.264 e. The summed E-state index contributed by atoms with van der Waals surface area (Å²) in [7, 11) is -4.01. The zero-order valence-electron chi connectivity index (χ0n) is 18.5. The van der Waals surface area contributed by atoms with Crippen LogP contribution in [0.2, 0.25) is 10.0 Å². The fourth-order valence-corrected chi connectivity index (χ4v) is 5.62. The Hall–Kier alpha value is -2.58. The molecule has 0 atom stereocenters. The molecule has 9 heteroatoms. The highest BCUT2D eigenvalue weighted by Crippen LogP contribution is 2.27. The van der Waals surface area contributed by atoms with Crippen molar-refractivity contribution in [2.45, 2.75) is 11.4 Å². The molecule has 1 saturated heterocycles. The maximum atomic E-state index is 13.5. The van der Waals surface area contributed by atoms with Crippen LogP contribution in [0, 0.1) is 0 Å². The van der Waals surface area contributed by atoms with Gasteiger partial charge in [-0.05, 0) is 48.0 Å². The second-order valence-electron chi connectivity index (χ2n) is 8.09. The van der Waals surface area contributed by atoms with Crippen LogP contribution in [0.1, 0.15) is 5.56 Å². The third-order valence-corrected chi connectivity index (χ3v) is 8.03. The van der Waals surface area contributed by atoms with Gasteiger partial charge in [0.15, 0.2) is 0 Å². The van der Waals surface area contributed by atoms with Gasteiger partial charge in [0.2, 0.25) is 5.91 Å². The lowest BCUT2D eigenvalue weighted by Gasteiger charge is -2.36. The lowest BCUT2D eigenvalue weighted by atomic mass is 10.2. The molecule has 0 N–H and O–H groups in total. The van der Waals surface area contributed by atoms with Crippen molar-refractivity contribution < 1.29 is 13.2 Å². The number of carbonyl (C=O) groups is 1. The molecule has 178 valence electrons. The van der Waals surface area contributed by atoms with Gasteiger partial charge < -0.3 is 4.90 Å². The lowest BCUT2D eigenvalue weighted by molar-refractivity contribution is -0.131. The fourth-order valence-electron chi connectivity index (χ4n) is 3.90. The Bertz CT molecular complexity index is 1230. The monoisotopic (exact) mass is 517 g/mol. The van der Waals surface area contributed by atoms with Gasteiger partial charge in [-0.2, -0.15) is 0 Å². The van der Waals surface area contributed by atoms with E-state index in [9.17, 15) is 13.2 Å². The van der Waals surface area contributed by atoms with Crippen LogP contribution in [0.5, 0.6) is 0 Å². The SMILES string of the molecule is O=C(CN(c1cccc(Cl)c1)S(=O)(=O)c1ccc(Cl)cc1)N1CCN(Cc2ccccc2)CC1. The Labute approximate surface area is 210 Å². The van der Waals surface area contributed by atoms with E-state index in [4.69, 9.17) is 23.2 Å². The van der Waals surface area contributed by atoms with Crippen molar-refractivity contribution in [3.8, 4) is 0 Å². The molecule has 0 saturated carbocycles. The lowest BCUT2D eigenvalue weighted by Crippen LogP contribution is -2.51. The van der Waals surface area contributed by atoms with Gasteiger partial charge in [-0.15, -0.1) is 0 Å². The summed E-state index contributed by atoms with van der Waals surface area (Å²) in [6.45, 7) is 3.03. The normalized spacial score (nSPS) is 14.7. The predicted octanol–water partition coefficient (Wildman–Crippen LogP) is 4.53. The maximum absolute atomic E-state index is 13.5. The van der Waals surface area contributed by atoms with E-state index in [0.717, 1.165) is 23.9 Å². The summed E-state index contributed by atoms with van der Waals surface area (Å²) in [6.07, 6.45) is 0. The molecule has 0 bridgehead atoms. The second kappa shape index (κ2) is 10.8. The van der Waals surface area contributed by atoms with Gasteiger partial charge in [0.05, 0.1) is 10.6 Å². The average Bonchev–Trinajstić information content (AvgIpc) is 2.83. The Morgan fingerprint density at radius 3 is 2.15 bits per heavy atom. The molecule has 0 spiro atoms. The Morgan fingerprint density at radius 1 is 0.824 bits per heavy atom. The number of piperazine rings is 1. The zero-order chi connectivity index (χ0) is 24.1. The predicted molar refractivity (Wildman–Crippen MR) is 136 cm³/mol. The Morgan fingerprint density at radius 2 is 1.50 bits per heavy atom. The summed E-state index contributed by atoms with van der Waals surface area (Å²) < 4.78 is 28.1. The van der Waals surface area contributed by atoms with Crippen LogP contribution in [0.15, 0.2) is 83.8 Å². The molecule has 3 aromatic rings. The molecule has 3 aromatic carbocycles. The van der Waals surface area contributed by atoms with Crippen LogP contribution in [0.25, 0.3) is 0 Å². The third-order valence-electron chi connectivity index (χ3n) is 5.75. The summed E-state index contributed by atoms with van der Waals surface area (Å²) in [6, 6.07) is 22.6. The molecule has 0 radical (unpaired) electrons. The summed E-state index contributed by atoms with van der Waals surface area (Å²) in [5.41, 5.74) is 1.56. The molecule has 34 heavy (non-hydrogen) atoms. The topological polar surface area (TPSA) is 60.9 Å². The molecule has 1 heterocycles. The first-order chi connectivity index (χ1) is 16.3. The van der Waals surface area contributed by atoms with Gasteiger partial charge in [0, 0.05) is 42.8 Å². The average molecular weight is 518 g/mol. The summed E-state index contributed by atoms with van der Waals surface area (Å²) in [4.78, 5) is 17.3. The number of sulfonamides is 1. The molecule has 1 aliphatic heterocycles. The van der Waals surface area contributed by atoms with E-state index in [0.29, 0.717) is 28.8 Å². The quantitative estimate of drug-likeness (QED) is 0.461. The minimum absolute atomic E-state index is 0.0531. The van der Waals surface area contributed by atoms with Crippen LogP contribution in [-0.2, 0) is 21.4 Å². The number of hydrogen-bond donors (Lipinski definition) is 0. The van der Waals surface area contributed by atoms with E-state index in [-0.39, 0.29) is 17.3 Å². The van der Waals surface area contributed by atoms with Crippen molar-refractivity contribution in [2.75, 3.05) is 37.0 Å². The van der Waals surface area contributed by atoms with Gasteiger partial charge in [0.25, 0.3) is 10.0 Å². The minimum atomic E-state index is -4.01. The van der Waals surface area contributed by atoms with Crippen molar-refractivity contribution in [2.24, 2.45) is 0 Å². The van der Waals surface area contributed by atoms with Crippen LogP contribution < -0.4 is 4.31 Å². The van der Waals surface area contributed by atoms with Crippen LogP contribution in [0.4, 0.5) is 5.69 Å². The second-order valence-corrected chi connectivity index (χ2v) is 10.8. The van der Waals surface area contributed by atoms with E-state index in [1.54, 1.807) is 29.2 Å².